The van der Waals surface area contributed by atoms with Crippen LogP contribution >= 0.6 is 0 Å². The van der Waals surface area contributed by atoms with Crippen molar-refractivity contribution >= 4 is 17.3 Å². The molecule has 9 nitrogen and oxygen atoms in total. The predicted octanol–water partition coefficient (Wildman–Crippen LogP) is 6.19. The van der Waals surface area contributed by atoms with Crippen LogP contribution in [0, 0.1) is 20.8 Å². The SMILES string of the molecule is CCCCCn1ccc(=O)c([O][Ga]([O]c2c(C)n(CCCCC)ccc2=O)[O]c2c(C)n(CCCCC)ccc2=O)c1C. The van der Waals surface area contributed by atoms with Gasteiger partial charge in [0, 0.05) is 0 Å². The Balaban J connectivity index is 2.04. The van der Waals surface area contributed by atoms with Crippen molar-refractivity contribution < 1.29 is 10.6 Å². The first-order valence-corrected chi connectivity index (χ1v) is 18.8. The van der Waals surface area contributed by atoms with Crippen LogP contribution in [0.25, 0.3) is 0 Å². The van der Waals surface area contributed by atoms with Crippen molar-refractivity contribution in [1.82, 2.24) is 13.7 Å². The summed E-state index contributed by atoms with van der Waals surface area (Å²) in [4.78, 5) is 39.2. The van der Waals surface area contributed by atoms with Crippen molar-refractivity contribution in [2.24, 2.45) is 0 Å². The number of aromatic nitrogens is 3. The minimum absolute atomic E-state index is 0.137. The van der Waals surface area contributed by atoms with Gasteiger partial charge < -0.3 is 0 Å². The molecule has 0 radical (unpaired) electrons. The Hall–Kier alpha value is -3.11. The van der Waals surface area contributed by atoms with E-state index >= 15 is 0 Å². The third-order valence-electron chi connectivity index (χ3n) is 7.82. The second kappa shape index (κ2) is 17.2. The van der Waals surface area contributed by atoms with Crippen LogP contribution in [-0.2, 0) is 19.6 Å². The van der Waals surface area contributed by atoms with Crippen molar-refractivity contribution in [3.05, 3.63) is 84.5 Å². The van der Waals surface area contributed by atoms with Crippen LogP contribution in [0.4, 0.5) is 0 Å². The van der Waals surface area contributed by atoms with Crippen molar-refractivity contribution in [3.8, 4) is 17.2 Å². The molecule has 3 aromatic heterocycles. The average molecular weight is 652 g/mol. The molecule has 0 amide bonds. The maximum atomic E-state index is 13.1. The van der Waals surface area contributed by atoms with Gasteiger partial charge in [-0.2, -0.15) is 0 Å². The Labute approximate surface area is 261 Å². The van der Waals surface area contributed by atoms with E-state index in [-0.39, 0.29) is 33.5 Å². The molecule has 0 bridgehead atoms. The van der Waals surface area contributed by atoms with Gasteiger partial charge in [0.2, 0.25) is 0 Å². The van der Waals surface area contributed by atoms with E-state index in [1.807, 2.05) is 34.5 Å². The molecule has 43 heavy (non-hydrogen) atoms. The molecule has 0 aliphatic carbocycles. The summed E-state index contributed by atoms with van der Waals surface area (Å²) >= 11 is -4.02. The number of hydrogen-bond acceptors (Lipinski definition) is 6. The Morgan fingerprint density at radius 1 is 0.512 bits per heavy atom. The van der Waals surface area contributed by atoms with Gasteiger partial charge in [0.05, 0.1) is 0 Å². The molecule has 3 aromatic rings. The number of unbranched alkanes of at least 4 members (excludes halogenated alkanes) is 6. The van der Waals surface area contributed by atoms with Crippen molar-refractivity contribution in [2.75, 3.05) is 0 Å². The zero-order valence-electron chi connectivity index (χ0n) is 26.8. The first-order chi connectivity index (χ1) is 20.7. The van der Waals surface area contributed by atoms with Crippen LogP contribution in [0.1, 0.15) is 95.6 Å². The normalized spacial score (nSPS) is 11.0. The second-order valence-corrected chi connectivity index (χ2v) is 13.8. The molecule has 10 heteroatoms. The Morgan fingerprint density at radius 2 is 0.791 bits per heavy atom. The van der Waals surface area contributed by atoms with Gasteiger partial charge >= 0.3 is 262 Å². The van der Waals surface area contributed by atoms with Gasteiger partial charge in [-0.3, -0.25) is 0 Å². The van der Waals surface area contributed by atoms with E-state index in [0.29, 0.717) is 17.1 Å². The Morgan fingerprint density at radius 3 is 1.05 bits per heavy atom. The van der Waals surface area contributed by atoms with Gasteiger partial charge in [0.25, 0.3) is 0 Å². The third-order valence-corrected chi connectivity index (χ3v) is 10.5. The average Bonchev–Trinajstić information content (AvgIpc) is 2.98. The number of pyridine rings is 3. The van der Waals surface area contributed by atoms with E-state index in [4.69, 9.17) is 10.6 Å². The standard InChI is InChI=1S/3C11H17NO2.Ga/c3*1-3-4-5-7-12-8-6-10(13)11(14)9(12)2;/h3*6,8,14H,3-5,7H2,1-2H3;/q;;;+3/p-3. The van der Waals surface area contributed by atoms with Gasteiger partial charge in [-0.1, -0.05) is 0 Å². The first kappa shape index (κ1) is 34.4. The molecule has 3 rings (SSSR count). The zero-order chi connectivity index (χ0) is 31.4. The van der Waals surface area contributed by atoms with Crippen LogP contribution in [0.5, 0.6) is 17.2 Å². The third kappa shape index (κ3) is 9.43. The Bertz CT molecular complexity index is 1330. The van der Waals surface area contributed by atoms with E-state index < -0.39 is 17.3 Å². The molecule has 0 aliphatic heterocycles. The quantitative estimate of drug-likeness (QED) is 0.120. The summed E-state index contributed by atoms with van der Waals surface area (Å²) in [7, 11) is 0. The summed E-state index contributed by atoms with van der Waals surface area (Å²) in [6.07, 6.45) is 14.7. The fraction of sp³-hybridized carbons (Fsp3) is 0.545. The van der Waals surface area contributed by atoms with E-state index in [1.54, 1.807) is 18.6 Å². The fourth-order valence-corrected chi connectivity index (χ4v) is 8.39. The van der Waals surface area contributed by atoms with Gasteiger partial charge in [0.1, 0.15) is 0 Å². The molecule has 0 saturated heterocycles. The summed E-state index contributed by atoms with van der Waals surface area (Å²) in [5.41, 5.74) is 1.10. The summed E-state index contributed by atoms with van der Waals surface area (Å²) in [6.45, 7) is 14.2. The number of nitrogens with zero attached hydrogens (tertiary/aromatic N) is 3. The topological polar surface area (TPSA) is 93.7 Å². The second-order valence-electron chi connectivity index (χ2n) is 11.1. The molecule has 234 valence electrons. The number of hydrogen-bond donors (Lipinski definition) is 0. The van der Waals surface area contributed by atoms with Crippen LogP contribution < -0.4 is 26.9 Å². The van der Waals surface area contributed by atoms with Gasteiger partial charge in [-0.25, -0.2) is 0 Å². The molecule has 0 spiro atoms. The van der Waals surface area contributed by atoms with Crippen molar-refractivity contribution in [3.63, 3.8) is 0 Å². The number of rotatable bonds is 18. The van der Waals surface area contributed by atoms with Crippen molar-refractivity contribution in [1.29, 1.82) is 0 Å². The molecule has 0 fully saturated rings. The molecular weight excluding hydrogens is 604 g/mol. The van der Waals surface area contributed by atoms with Crippen LogP contribution in [0.2, 0.25) is 0 Å². The molecule has 0 aromatic carbocycles. The monoisotopic (exact) mass is 651 g/mol. The molecule has 0 atom stereocenters. The van der Waals surface area contributed by atoms with Gasteiger partial charge in [0.15, 0.2) is 0 Å². The molecule has 3 heterocycles. The summed E-state index contributed by atoms with van der Waals surface area (Å²) < 4.78 is 25.0. The van der Waals surface area contributed by atoms with Crippen LogP contribution in [0.3, 0.4) is 0 Å². The fourth-order valence-electron chi connectivity index (χ4n) is 5.08. The molecule has 0 unspecified atom stereocenters. The van der Waals surface area contributed by atoms with Gasteiger partial charge in [-0.15, -0.1) is 0 Å². The number of aryl methyl sites for hydroxylation is 3. The molecular formula is C33H48GaN3O6. The summed E-state index contributed by atoms with van der Waals surface area (Å²) in [5.74, 6) is 0.410. The first-order valence-electron chi connectivity index (χ1n) is 15.8. The summed E-state index contributed by atoms with van der Waals surface area (Å²) in [5, 5.41) is 0. The van der Waals surface area contributed by atoms with E-state index in [2.05, 4.69) is 20.8 Å². The molecule has 0 aliphatic rings. The minimum atomic E-state index is -4.02. The van der Waals surface area contributed by atoms with Crippen molar-refractivity contribution in [2.45, 2.75) is 119 Å². The summed E-state index contributed by atoms with van der Waals surface area (Å²) in [6, 6.07) is 4.45. The molecule has 0 saturated carbocycles. The van der Waals surface area contributed by atoms with E-state index in [1.165, 1.54) is 18.2 Å². The molecule has 0 N–H and O–H groups in total. The Kier molecular flexibility index (Phi) is 13.8. The van der Waals surface area contributed by atoms with Crippen LogP contribution in [-0.4, -0.2) is 31.0 Å². The van der Waals surface area contributed by atoms with Gasteiger partial charge in [-0.05, 0) is 0 Å². The van der Waals surface area contributed by atoms with E-state index in [9.17, 15) is 14.4 Å². The predicted molar refractivity (Wildman–Crippen MR) is 173 cm³/mol. The maximum absolute atomic E-state index is 13.1. The zero-order valence-corrected chi connectivity index (χ0v) is 29.2. The van der Waals surface area contributed by atoms with Crippen LogP contribution in [0.15, 0.2) is 51.2 Å². The van der Waals surface area contributed by atoms with E-state index in [0.717, 1.165) is 77.4 Å².